The summed E-state index contributed by atoms with van der Waals surface area (Å²) in [5, 5.41) is 0. The van der Waals surface area contributed by atoms with Crippen molar-refractivity contribution in [1.29, 1.82) is 0 Å². The lowest BCUT2D eigenvalue weighted by molar-refractivity contribution is 0.159. The lowest BCUT2D eigenvalue weighted by atomic mass is 10.3. The molecule has 0 aromatic heterocycles. The second kappa shape index (κ2) is 19.8. The normalized spacial score (nSPS) is 17.6. The molecule has 4 heterocycles. The number of phosphoric acid groups is 2. The second-order valence-electron chi connectivity index (χ2n) is 14.6. The number of ether oxygens (including phenoxy) is 4. The Balaban J connectivity index is 0.975. The Morgan fingerprint density at radius 3 is 0.786 bits per heavy atom. The molecule has 24 nitrogen and oxygen atoms in total. The molecule has 0 aliphatic carbocycles. The van der Waals surface area contributed by atoms with E-state index >= 15 is 0 Å². The maximum atomic E-state index is 14.7. The van der Waals surface area contributed by atoms with Crippen molar-refractivity contribution in [2.24, 2.45) is 0 Å². The monoisotopic (exact) mass is 1040 g/mol. The molecular weight excluding hydrogens is 1000 g/mol. The van der Waals surface area contributed by atoms with E-state index in [9.17, 15) is 37.4 Å². The first kappa shape index (κ1) is 47.6. The van der Waals surface area contributed by atoms with Crippen LogP contribution >= 0.6 is 31.0 Å². The summed E-state index contributed by atoms with van der Waals surface area (Å²) in [7, 11) is -18.7. The van der Waals surface area contributed by atoms with E-state index in [1.807, 2.05) is 0 Å². The highest BCUT2D eigenvalue weighted by atomic mass is 31.2. The summed E-state index contributed by atoms with van der Waals surface area (Å²) in [6, 6.07) is 31.5. The van der Waals surface area contributed by atoms with Crippen molar-refractivity contribution in [3.63, 3.8) is 0 Å². The van der Waals surface area contributed by atoms with E-state index in [4.69, 9.17) is 55.1 Å². The van der Waals surface area contributed by atoms with Crippen molar-refractivity contribution >= 4 is 55.4 Å². The summed E-state index contributed by atoms with van der Waals surface area (Å²) in [6.45, 7) is -1.06. The lowest BCUT2D eigenvalue weighted by Crippen LogP contribution is -2.35. The first-order valence-electron chi connectivity index (χ1n) is 20.9. The van der Waals surface area contributed by atoms with Gasteiger partial charge in [-0.1, -0.05) is 54.6 Å². The number of phosphoric ester groups is 2. The van der Waals surface area contributed by atoms with Crippen LogP contribution in [0, 0.1) is 0 Å². The predicted octanol–water partition coefficient (Wildman–Crippen LogP) is 9.76. The zero-order chi connectivity index (χ0) is 48.9. The first-order valence-corrected chi connectivity index (χ1v) is 26.8. The van der Waals surface area contributed by atoms with Crippen LogP contribution in [-0.4, -0.2) is 95.7 Å². The van der Waals surface area contributed by atoms with E-state index in [1.54, 1.807) is 36.4 Å². The van der Waals surface area contributed by atoms with Gasteiger partial charge in [-0.05, 0) is 60.7 Å². The fourth-order valence-corrected chi connectivity index (χ4v) is 13.4. The van der Waals surface area contributed by atoms with Crippen molar-refractivity contribution < 1.29 is 92.6 Å². The minimum Gasteiger partial charge on any atom is -0.447 e. The summed E-state index contributed by atoms with van der Waals surface area (Å²) in [6.07, 6.45) is -3.91. The quantitative estimate of drug-likeness (QED) is 0.0518. The van der Waals surface area contributed by atoms with Crippen LogP contribution in [0.25, 0.3) is 0 Å². The molecule has 2 unspecified atom stereocenters. The molecule has 4 aliphatic heterocycles. The summed E-state index contributed by atoms with van der Waals surface area (Å²) < 4.78 is 128. The Morgan fingerprint density at radius 2 is 0.543 bits per heavy atom. The predicted molar refractivity (Wildman–Crippen MR) is 240 cm³/mol. The smallest absolute Gasteiger partial charge is 0.447 e. The third-order valence-electron chi connectivity index (χ3n) is 9.83. The minimum atomic E-state index is -4.83. The lowest BCUT2D eigenvalue weighted by Gasteiger charge is -2.30. The number of nitrogens with zero attached hydrogens (tertiary/aromatic N) is 4. The van der Waals surface area contributed by atoms with E-state index < -0.39 is 55.4 Å². The molecule has 366 valence electrons. The molecule has 4 aliphatic rings. The summed E-state index contributed by atoms with van der Waals surface area (Å²) in [4.78, 5) is 50.4. The minimum absolute atomic E-state index is 0.0488. The van der Waals surface area contributed by atoms with Crippen LogP contribution in [0.2, 0.25) is 0 Å². The zero-order valence-corrected chi connectivity index (χ0v) is 39.7. The Hall–Kier alpha value is -7.50. The van der Waals surface area contributed by atoms with Gasteiger partial charge in [0.05, 0.1) is 26.2 Å². The first-order chi connectivity index (χ1) is 33.7. The number of benzene rings is 5. The van der Waals surface area contributed by atoms with Gasteiger partial charge in [0, 0.05) is 18.2 Å². The van der Waals surface area contributed by atoms with Crippen LogP contribution in [0.4, 0.5) is 19.2 Å². The van der Waals surface area contributed by atoms with E-state index in [-0.39, 0.29) is 98.6 Å². The molecule has 5 aromatic carbocycles. The van der Waals surface area contributed by atoms with Crippen LogP contribution in [0.5, 0.6) is 46.0 Å². The number of hydrogen-bond acceptors (Lipinski definition) is 20. The van der Waals surface area contributed by atoms with E-state index in [2.05, 4.69) is 0 Å². The highest BCUT2D eigenvalue weighted by molar-refractivity contribution is 7.56. The fraction of sp³-hybridized carbons (Fsp3) is 0.190. The Morgan fingerprint density at radius 1 is 0.314 bits per heavy atom. The molecule has 0 bridgehead atoms. The zero-order valence-electron chi connectivity index (χ0n) is 36.1. The molecule has 0 saturated carbocycles. The molecule has 28 heteroatoms. The Kier molecular flexibility index (Phi) is 13.5. The number of rotatable bonds is 20. The average molecular weight is 1040 g/mol. The molecule has 4 amide bonds. The van der Waals surface area contributed by atoms with Gasteiger partial charge in [-0.15, -0.1) is 0 Å². The van der Waals surface area contributed by atoms with Crippen molar-refractivity contribution in [2.75, 3.05) is 52.6 Å². The summed E-state index contributed by atoms with van der Waals surface area (Å²) in [5.41, 5.74) is 0. The van der Waals surface area contributed by atoms with Crippen molar-refractivity contribution in [1.82, 2.24) is 18.7 Å². The third-order valence-corrected chi connectivity index (χ3v) is 17.2. The molecule has 9 rings (SSSR count). The number of cyclic esters (lactones) is 4. The van der Waals surface area contributed by atoms with Crippen LogP contribution in [0.15, 0.2) is 133 Å². The van der Waals surface area contributed by atoms with E-state index in [0.29, 0.717) is 0 Å². The molecule has 0 radical (unpaired) electrons. The van der Waals surface area contributed by atoms with Crippen molar-refractivity contribution in [2.45, 2.75) is 0 Å². The Bertz CT molecular complexity index is 2740. The number of amides is 4. The van der Waals surface area contributed by atoms with E-state index in [0.717, 1.165) is 18.7 Å². The van der Waals surface area contributed by atoms with Crippen LogP contribution in [0.1, 0.15) is 0 Å². The summed E-state index contributed by atoms with van der Waals surface area (Å²) >= 11 is 0. The number of carbonyl (C=O) groups excluding carboxylic acids is 4. The number of para-hydroxylation sites is 2. The van der Waals surface area contributed by atoms with Crippen molar-refractivity contribution in [3.8, 4) is 46.0 Å². The van der Waals surface area contributed by atoms with Gasteiger partial charge < -0.3 is 55.1 Å². The topological polar surface area (TPSA) is 260 Å². The SMILES string of the molecule is O=C1OCCN1P(=O)(Oc1cccc(OP(=O)(Oc2ccccc2)Oc2cccc(OP(=O)(Oc3ccccc3)Oc3cccc(OP(=O)(N4CCOC4=O)N4CCOC4=O)c3)c2)c1)N1CCOC1=O. The van der Waals surface area contributed by atoms with Gasteiger partial charge in [0.15, 0.2) is 0 Å². The molecule has 0 spiro atoms. The van der Waals surface area contributed by atoms with E-state index in [1.165, 1.54) is 97.1 Å². The maximum absolute atomic E-state index is 14.7. The number of carbonyl (C=O) groups is 4. The average Bonchev–Trinajstić information content (AvgIpc) is 4.16. The molecule has 4 fully saturated rings. The maximum Gasteiger partial charge on any atom is 0.647 e. The molecule has 4 saturated heterocycles. The van der Waals surface area contributed by atoms with Crippen LogP contribution in [0.3, 0.4) is 0 Å². The summed E-state index contributed by atoms with van der Waals surface area (Å²) in [5.74, 6) is -1.12. The third kappa shape index (κ3) is 10.5. The van der Waals surface area contributed by atoms with Gasteiger partial charge in [0.1, 0.15) is 72.4 Å². The van der Waals surface area contributed by atoms with Gasteiger partial charge in [-0.3, -0.25) is 0 Å². The van der Waals surface area contributed by atoms with Gasteiger partial charge in [0.25, 0.3) is 0 Å². The van der Waals surface area contributed by atoms with Crippen LogP contribution < -0.4 is 36.2 Å². The largest absolute Gasteiger partial charge is 0.647 e. The fourth-order valence-electron chi connectivity index (χ4n) is 6.80. The van der Waals surface area contributed by atoms with Gasteiger partial charge in [-0.2, -0.15) is 9.13 Å². The second-order valence-corrected chi connectivity index (χ2v) is 21.7. The van der Waals surface area contributed by atoms with Crippen molar-refractivity contribution in [3.05, 3.63) is 133 Å². The molecular formula is C42H38N4O20P4. The highest BCUT2D eigenvalue weighted by Crippen LogP contribution is 2.59. The van der Waals surface area contributed by atoms with Gasteiger partial charge in [-0.25, -0.2) is 47.0 Å². The molecule has 5 aromatic rings. The highest BCUT2D eigenvalue weighted by Gasteiger charge is 2.53. The standard InChI is InChI=1S/C42H38N4O20P4/c47-39-43(20-24-55-39)67(51,44-21-25-56-40(44)48)59-33-14-7-16-35(28-33)63-69(53,61-31-10-3-1-4-11-31)65-37-18-9-19-38(30-37)66-70(54,62-32-12-5-2-6-13-32)64-36-17-8-15-34(29-36)60-68(52,45-22-26-57-41(45)49)46-23-27-58-42(46)50/h1-19,28-30H,20-27H2. The van der Waals surface area contributed by atoms with Crippen LogP contribution in [-0.2, 0) is 37.2 Å². The molecule has 0 N–H and O–H groups in total. The Labute approximate surface area is 397 Å². The van der Waals surface area contributed by atoms with Gasteiger partial charge >= 0.3 is 55.4 Å². The van der Waals surface area contributed by atoms with Gasteiger partial charge in [0.2, 0.25) is 0 Å². The molecule has 2 atom stereocenters. The molecule has 70 heavy (non-hydrogen) atoms. The number of hydrogen-bond donors (Lipinski definition) is 0.